The molecule has 27 heavy (non-hydrogen) atoms. The molecule has 0 saturated carbocycles. The first-order valence-electron chi connectivity index (χ1n) is 7.03. The number of nitrogens with zero attached hydrogens (tertiary/aromatic N) is 1. The molecule has 5 nitrogen and oxygen atoms in total. The van der Waals surface area contributed by atoms with E-state index in [4.69, 9.17) is 11.6 Å². The Morgan fingerprint density at radius 1 is 0.963 bits per heavy atom. The second kappa shape index (κ2) is 7.51. The van der Waals surface area contributed by atoms with Crippen LogP contribution in [0.5, 0.6) is 5.75 Å². The summed E-state index contributed by atoms with van der Waals surface area (Å²) < 4.78 is 84.5. The Hall–Kier alpha value is -2.69. The fourth-order valence-electron chi connectivity index (χ4n) is 1.87. The van der Waals surface area contributed by atoms with Crippen molar-refractivity contribution in [1.29, 1.82) is 0 Å². The molecule has 0 radical (unpaired) electrons. The second-order valence-corrected chi connectivity index (χ2v) is 5.47. The predicted molar refractivity (Wildman–Crippen MR) is 83.3 cm³/mol. The fourth-order valence-corrected chi connectivity index (χ4v) is 1.98. The van der Waals surface area contributed by atoms with Gasteiger partial charge in [-0.2, -0.15) is 26.3 Å². The van der Waals surface area contributed by atoms with Gasteiger partial charge in [0.1, 0.15) is 11.6 Å². The van der Waals surface area contributed by atoms with Gasteiger partial charge >= 0.3 is 24.1 Å². The smallest absolute Gasteiger partial charge is 0.451 e. The highest BCUT2D eigenvalue weighted by molar-refractivity contribution is 6.30. The van der Waals surface area contributed by atoms with Gasteiger partial charge in [-0.05, 0) is 24.3 Å². The number of hydrogen-bond donors (Lipinski definition) is 2. The van der Waals surface area contributed by atoms with Crippen molar-refractivity contribution in [2.75, 3.05) is 5.32 Å². The van der Waals surface area contributed by atoms with Crippen molar-refractivity contribution < 1.29 is 35.9 Å². The van der Waals surface area contributed by atoms with Crippen LogP contribution in [0.3, 0.4) is 0 Å². The number of halogens is 7. The number of carbonyl (C=O) groups excluding carboxylic acids is 1. The van der Waals surface area contributed by atoms with Gasteiger partial charge in [0, 0.05) is 6.20 Å². The van der Waals surface area contributed by atoms with Gasteiger partial charge < -0.3 is 4.74 Å². The summed E-state index contributed by atoms with van der Waals surface area (Å²) in [6.07, 6.45) is -11.0. The SMILES string of the molecule is O=C(Nc1ccc(Cl)cn1)NC(Oc1ccccc1)(C(F)(F)F)C(F)(F)F. The van der Waals surface area contributed by atoms with Gasteiger partial charge in [0.2, 0.25) is 0 Å². The summed E-state index contributed by atoms with van der Waals surface area (Å²) in [6, 6.07) is 5.94. The van der Waals surface area contributed by atoms with E-state index in [9.17, 15) is 31.1 Å². The van der Waals surface area contributed by atoms with Crippen LogP contribution in [0.1, 0.15) is 0 Å². The number of nitrogens with one attached hydrogen (secondary N) is 2. The Bertz CT molecular complexity index is 767. The Morgan fingerprint density at radius 3 is 2.04 bits per heavy atom. The number of ether oxygens (including phenoxy) is 1. The van der Waals surface area contributed by atoms with E-state index in [1.165, 1.54) is 24.3 Å². The molecular formula is C15H10ClF6N3O2. The maximum Gasteiger partial charge on any atom is 0.458 e. The molecule has 0 spiro atoms. The molecule has 2 rings (SSSR count). The fraction of sp³-hybridized carbons (Fsp3) is 0.200. The number of hydrogen-bond acceptors (Lipinski definition) is 3. The van der Waals surface area contributed by atoms with E-state index in [1.807, 2.05) is 0 Å². The summed E-state index contributed by atoms with van der Waals surface area (Å²) in [6.45, 7) is 0. The number of alkyl halides is 6. The molecule has 146 valence electrons. The number of benzene rings is 1. The van der Waals surface area contributed by atoms with Crippen molar-refractivity contribution in [1.82, 2.24) is 10.3 Å². The van der Waals surface area contributed by atoms with Crippen LogP contribution in [0, 0.1) is 0 Å². The van der Waals surface area contributed by atoms with E-state index >= 15 is 0 Å². The Balaban J connectivity index is 2.36. The van der Waals surface area contributed by atoms with Crippen LogP contribution in [-0.2, 0) is 0 Å². The van der Waals surface area contributed by atoms with Gasteiger partial charge in [-0.25, -0.2) is 9.78 Å². The van der Waals surface area contributed by atoms with Crippen LogP contribution in [-0.4, -0.2) is 29.1 Å². The molecule has 1 aromatic carbocycles. The number of anilines is 1. The molecule has 0 bridgehead atoms. The molecule has 0 unspecified atom stereocenters. The zero-order valence-corrected chi connectivity index (χ0v) is 13.8. The van der Waals surface area contributed by atoms with Crippen LogP contribution in [0.15, 0.2) is 48.7 Å². The Kier molecular flexibility index (Phi) is 5.73. The van der Waals surface area contributed by atoms with E-state index in [1.54, 1.807) is 5.32 Å². The van der Waals surface area contributed by atoms with Crippen molar-refractivity contribution in [3.8, 4) is 5.75 Å². The highest BCUT2D eigenvalue weighted by atomic mass is 35.5. The summed E-state index contributed by atoms with van der Waals surface area (Å²) in [5, 5.41) is 2.73. The highest BCUT2D eigenvalue weighted by Crippen LogP contribution is 2.44. The van der Waals surface area contributed by atoms with Crippen LogP contribution < -0.4 is 15.4 Å². The van der Waals surface area contributed by atoms with Gasteiger partial charge in [-0.3, -0.25) is 10.6 Å². The summed E-state index contributed by atoms with van der Waals surface area (Å²) in [4.78, 5) is 15.4. The third-order valence-corrected chi connectivity index (χ3v) is 3.29. The minimum Gasteiger partial charge on any atom is -0.451 e. The van der Waals surface area contributed by atoms with Crippen molar-refractivity contribution in [3.05, 3.63) is 53.7 Å². The van der Waals surface area contributed by atoms with Crippen LogP contribution in [0.4, 0.5) is 37.0 Å². The summed E-state index contributed by atoms with van der Waals surface area (Å²) in [5.74, 6) is -1.08. The standard InChI is InChI=1S/C15H10ClF6N3O2/c16-9-6-7-11(23-8-9)24-12(26)25-13(14(17,18)19,15(20,21)22)27-10-4-2-1-3-5-10/h1-8H,(H2,23,24,25,26). The van der Waals surface area contributed by atoms with E-state index in [0.717, 1.165) is 29.7 Å². The first-order chi connectivity index (χ1) is 12.4. The van der Waals surface area contributed by atoms with Crippen molar-refractivity contribution in [2.45, 2.75) is 18.1 Å². The summed E-state index contributed by atoms with van der Waals surface area (Å²) in [7, 11) is 0. The average Bonchev–Trinajstić information content (AvgIpc) is 2.55. The molecule has 0 aliphatic heterocycles. The number of rotatable bonds is 4. The molecule has 0 aliphatic carbocycles. The van der Waals surface area contributed by atoms with Crippen LogP contribution in [0.25, 0.3) is 0 Å². The van der Waals surface area contributed by atoms with Crippen molar-refractivity contribution in [2.24, 2.45) is 0 Å². The monoisotopic (exact) mass is 413 g/mol. The van der Waals surface area contributed by atoms with Gasteiger partial charge in [-0.1, -0.05) is 29.8 Å². The van der Waals surface area contributed by atoms with Crippen LogP contribution in [0.2, 0.25) is 5.02 Å². The van der Waals surface area contributed by atoms with Gasteiger partial charge in [0.25, 0.3) is 0 Å². The van der Waals surface area contributed by atoms with E-state index < -0.39 is 29.9 Å². The van der Waals surface area contributed by atoms with E-state index in [-0.39, 0.29) is 10.8 Å². The molecule has 0 fully saturated rings. The normalized spacial score (nSPS) is 12.4. The summed E-state index contributed by atoms with van der Waals surface area (Å²) >= 11 is 5.56. The number of urea groups is 1. The minimum atomic E-state index is -6.04. The van der Waals surface area contributed by atoms with Crippen LogP contribution >= 0.6 is 11.6 Å². The number of para-hydroxylation sites is 1. The molecule has 2 amide bonds. The maximum atomic E-state index is 13.4. The first kappa shape index (κ1) is 20.6. The zero-order valence-electron chi connectivity index (χ0n) is 13.0. The Morgan fingerprint density at radius 2 is 1.56 bits per heavy atom. The van der Waals surface area contributed by atoms with Crippen molar-refractivity contribution >= 4 is 23.4 Å². The van der Waals surface area contributed by atoms with E-state index in [0.29, 0.717) is 0 Å². The summed E-state index contributed by atoms with van der Waals surface area (Å²) in [5.41, 5.74) is -4.99. The number of aromatic nitrogens is 1. The molecular weight excluding hydrogens is 404 g/mol. The molecule has 1 aromatic heterocycles. The van der Waals surface area contributed by atoms with E-state index in [2.05, 4.69) is 9.72 Å². The molecule has 1 heterocycles. The zero-order chi connectivity index (χ0) is 20.3. The van der Waals surface area contributed by atoms with Gasteiger partial charge in [0.15, 0.2) is 0 Å². The molecule has 12 heteroatoms. The van der Waals surface area contributed by atoms with Gasteiger partial charge in [-0.15, -0.1) is 0 Å². The molecule has 0 aliphatic rings. The third kappa shape index (κ3) is 4.73. The number of pyridine rings is 1. The molecule has 0 atom stereocenters. The third-order valence-electron chi connectivity index (χ3n) is 3.07. The average molecular weight is 414 g/mol. The maximum absolute atomic E-state index is 13.4. The lowest BCUT2D eigenvalue weighted by molar-refractivity contribution is -0.364. The predicted octanol–water partition coefficient (Wildman–Crippen LogP) is 4.76. The van der Waals surface area contributed by atoms with Gasteiger partial charge in [0.05, 0.1) is 5.02 Å². The quantitative estimate of drug-likeness (QED) is 0.561. The number of amides is 2. The molecule has 0 saturated heterocycles. The highest BCUT2D eigenvalue weighted by Gasteiger charge is 2.75. The minimum absolute atomic E-state index is 0.147. The second-order valence-electron chi connectivity index (χ2n) is 5.03. The molecule has 2 N–H and O–H groups in total. The topological polar surface area (TPSA) is 63.2 Å². The first-order valence-corrected chi connectivity index (χ1v) is 7.41. The largest absolute Gasteiger partial charge is 0.458 e. The lowest BCUT2D eigenvalue weighted by Gasteiger charge is -2.37. The number of carbonyl (C=O) groups is 1. The lowest BCUT2D eigenvalue weighted by Crippen LogP contribution is -2.71. The lowest BCUT2D eigenvalue weighted by atomic mass is 10.2. The van der Waals surface area contributed by atoms with Crippen molar-refractivity contribution in [3.63, 3.8) is 0 Å². The Labute approximate surface area is 153 Å². The molecule has 2 aromatic rings.